The molecule has 80 valence electrons. The largest absolute Gasteiger partial charge is 0.257 e. The molecule has 0 atom stereocenters. The highest BCUT2D eigenvalue weighted by molar-refractivity contribution is 8.01. The number of rotatable bonds is 4. The van der Waals surface area contributed by atoms with E-state index in [0.29, 0.717) is 10.4 Å². The van der Waals surface area contributed by atoms with Crippen molar-refractivity contribution in [3.63, 3.8) is 0 Å². The lowest BCUT2D eigenvalue weighted by Crippen LogP contribution is -2.08. The first-order valence-electron chi connectivity index (χ1n) is 3.85. The first kappa shape index (κ1) is 11.7. The molecular weight excluding hydrogens is 242 g/mol. The van der Waals surface area contributed by atoms with Gasteiger partial charge in [0, 0.05) is 5.25 Å². The Morgan fingerprint density at radius 2 is 2.07 bits per heavy atom. The van der Waals surface area contributed by atoms with Crippen LogP contribution in [0.4, 0.5) is 5.13 Å². The standard InChI is InChI=1S/C6H11N3O2S3/c1-4(2)12-6-8-7-5(13-6)9-14(3,10)11/h4H,1-3H3,(H,7,9). The number of aromatic nitrogens is 2. The molecule has 0 amide bonds. The lowest BCUT2D eigenvalue weighted by Gasteiger charge is -1.97. The number of sulfonamides is 1. The molecule has 5 nitrogen and oxygen atoms in total. The summed E-state index contributed by atoms with van der Waals surface area (Å²) in [6.45, 7) is 4.07. The third-order valence-electron chi connectivity index (χ3n) is 1.02. The van der Waals surface area contributed by atoms with Crippen LogP contribution in [0.25, 0.3) is 0 Å². The maximum atomic E-state index is 10.9. The summed E-state index contributed by atoms with van der Waals surface area (Å²) in [7, 11) is -3.24. The maximum Gasteiger partial charge on any atom is 0.231 e. The molecule has 1 rings (SSSR count). The fourth-order valence-corrected chi connectivity index (χ4v) is 3.46. The topological polar surface area (TPSA) is 72.0 Å². The second-order valence-electron chi connectivity index (χ2n) is 2.91. The molecule has 0 unspecified atom stereocenters. The number of anilines is 1. The quantitative estimate of drug-likeness (QED) is 0.821. The first-order valence-corrected chi connectivity index (χ1v) is 7.43. The molecule has 1 N–H and O–H groups in total. The number of nitrogens with zero attached hydrogens (tertiary/aromatic N) is 2. The van der Waals surface area contributed by atoms with Crippen molar-refractivity contribution in [2.24, 2.45) is 0 Å². The molecule has 1 aromatic rings. The van der Waals surface area contributed by atoms with E-state index in [9.17, 15) is 8.42 Å². The molecule has 0 radical (unpaired) electrons. The maximum absolute atomic E-state index is 10.9. The van der Waals surface area contributed by atoms with E-state index in [0.717, 1.165) is 10.6 Å². The predicted octanol–water partition coefficient (Wildman–Crippen LogP) is 1.41. The summed E-state index contributed by atoms with van der Waals surface area (Å²) in [4.78, 5) is 0. The van der Waals surface area contributed by atoms with Gasteiger partial charge in [0.2, 0.25) is 15.2 Å². The molecule has 14 heavy (non-hydrogen) atoms. The Kier molecular flexibility index (Phi) is 3.73. The minimum absolute atomic E-state index is 0.315. The number of nitrogens with one attached hydrogen (secondary N) is 1. The molecule has 1 heterocycles. The summed E-state index contributed by atoms with van der Waals surface area (Å²) in [6, 6.07) is 0. The monoisotopic (exact) mass is 253 g/mol. The number of hydrogen-bond acceptors (Lipinski definition) is 6. The van der Waals surface area contributed by atoms with E-state index in [-0.39, 0.29) is 0 Å². The summed E-state index contributed by atoms with van der Waals surface area (Å²) in [5.74, 6) is 0. The average molecular weight is 253 g/mol. The average Bonchev–Trinajstić information content (AvgIpc) is 2.30. The molecule has 0 aromatic carbocycles. The highest BCUT2D eigenvalue weighted by Crippen LogP contribution is 2.28. The second-order valence-corrected chi connectivity index (χ2v) is 7.46. The van der Waals surface area contributed by atoms with Crippen molar-refractivity contribution in [1.29, 1.82) is 0 Å². The molecule has 0 bridgehead atoms. The third-order valence-corrected chi connectivity index (χ3v) is 3.64. The second kappa shape index (κ2) is 4.45. The minimum Gasteiger partial charge on any atom is -0.257 e. The summed E-state index contributed by atoms with van der Waals surface area (Å²) in [6.07, 6.45) is 1.09. The van der Waals surface area contributed by atoms with Crippen LogP contribution in [0.2, 0.25) is 0 Å². The van der Waals surface area contributed by atoms with E-state index < -0.39 is 10.0 Å². The molecule has 0 aliphatic carbocycles. The van der Waals surface area contributed by atoms with Gasteiger partial charge in [-0.2, -0.15) is 0 Å². The van der Waals surface area contributed by atoms with Gasteiger partial charge >= 0.3 is 0 Å². The van der Waals surface area contributed by atoms with Crippen LogP contribution in [0, 0.1) is 0 Å². The molecule has 1 aromatic heterocycles. The lowest BCUT2D eigenvalue weighted by molar-refractivity contribution is 0.606. The Bertz CT molecular complexity index is 398. The predicted molar refractivity (Wildman–Crippen MR) is 59.4 cm³/mol. The first-order chi connectivity index (χ1) is 6.37. The van der Waals surface area contributed by atoms with E-state index in [4.69, 9.17) is 0 Å². The van der Waals surface area contributed by atoms with Gasteiger partial charge in [-0.3, -0.25) is 4.72 Å². The molecule has 8 heteroatoms. The van der Waals surface area contributed by atoms with Crippen molar-refractivity contribution in [2.45, 2.75) is 23.4 Å². The van der Waals surface area contributed by atoms with Crippen LogP contribution >= 0.6 is 23.1 Å². The minimum atomic E-state index is -3.24. The Balaban J connectivity index is 2.69. The fraction of sp³-hybridized carbons (Fsp3) is 0.667. The van der Waals surface area contributed by atoms with Crippen molar-refractivity contribution in [3.8, 4) is 0 Å². The van der Waals surface area contributed by atoms with E-state index >= 15 is 0 Å². The Hall–Kier alpha value is -0.340. The van der Waals surface area contributed by atoms with Crippen LogP contribution < -0.4 is 4.72 Å². The molecule has 0 spiro atoms. The van der Waals surface area contributed by atoms with Crippen molar-refractivity contribution >= 4 is 38.3 Å². The zero-order valence-corrected chi connectivity index (χ0v) is 10.5. The zero-order chi connectivity index (χ0) is 10.8. The smallest absolute Gasteiger partial charge is 0.231 e. The molecule has 0 saturated carbocycles. The van der Waals surface area contributed by atoms with Crippen LogP contribution in [0.15, 0.2) is 4.34 Å². The van der Waals surface area contributed by atoms with Gasteiger partial charge in [0.15, 0.2) is 4.34 Å². The molecular formula is C6H11N3O2S3. The van der Waals surface area contributed by atoms with E-state index in [1.54, 1.807) is 11.8 Å². The normalized spacial score (nSPS) is 12.0. The van der Waals surface area contributed by atoms with Gasteiger partial charge in [-0.15, -0.1) is 10.2 Å². The van der Waals surface area contributed by atoms with Crippen molar-refractivity contribution in [3.05, 3.63) is 0 Å². The summed E-state index contributed by atoms with van der Waals surface area (Å²) in [5, 5.41) is 8.28. The van der Waals surface area contributed by atoms with Crippen molar-refractivity contribution < 1.29 is 8.42 Å². The SMILES string of the molecule is CC(C)Sc1nnc(NS(C)(=O)=O)s1. The van der Waals surface area contributed by atoms with Gasteiger partial charge in [-0.05, 0) is 0 Å². The number of thioether (sulfide) groups is 1. The van der Waals surface area contributed by atoms with Crippen LogP contribution in [-0.2, 0) is 10.0 Å². The molecule has 0 aliphatic rings. The molecule has 0 aliphatic heterocycles. The van der Waals surface area contributed by atoms with Crippen LogP contribution in [-0.4, -0.2) is 30.1 Å². The summed E-state index contributed by atoms with van der Waals surface area (Å²) >= 11 is 2.79. The zero-order valence-electron chi connectivity index (χ0n) is 8.01. The lowest BCUT2D eigenvalue weighted by atomic mass is 10.6. The van der Waals surface area contributed by atoms with Gasteiger partial charge in [-0.1, -0.05) is 36.9 Å². The molecule has 0 saturated heterocycles. The van der Waals surface area contributed by atoms with Gasteiger partial charge in [0.1, 0.15) is 0 Å². The van der Waals surface area contributed by atoms with Crippen LogP contribution in [0.5, 0.6) is 0 Å². The van der Waals surface area contributed by atoms with E-state index in [1.165, 1.54) is 11.3 Å². The van der Waals surface area contributed by atoms with E-state index in [1.807, 2.05) is 13.8 Å². The Morgan fingerprint density at radius 3 is 2.57 bits per heavy atom. The third kappa shape index (κ3) is 4.25. The van der Waals surface area contributed by atoms with Gasteiger partial charge in [0.05, 0.1) is 6.26 Å². The number of hydrogen-bond donors (Lipinski definition) is 1. The van der Waals surface area contributed by atoms with Gasteiger partial charge in [-0.25, -0.2) is 8.42 Å². The summed E-state index contributed by atoms with van der Waals surface area (Å²) in [5.41, 5.74) is 0. The van der Waals surface area contributed by atoms with Crippen molar-refractivity contribution in [1.82, 2.24) is 10.2 Å². The highest BCUT2D eigenvalue weighted by atomic mass is 32.2. The van der Waals surface area contributed by atoms with Crippen LogP contribution in [0.3, 0.4) is 0 Å². The van der Waals surface area contributed by atoms with Gasteiger partial charge < -0.3 is 0 Å². The van der Waals surface area contributed by atoms with Crippen molar-refractivity contribution in [2.75, 3.05) is 11.0 Å². The van der Waals surface area contributed by atoms with Gasteiger partial charge in [0.25, 0.3) is 0 Å². The summed E-state index contributed by atoms with van der Waals surface area (Å²) < 4.78 is 24.8. The molecule has 0 fully saturated rings. The highest BCUT2D eigenvalue weighted by Gasteiger charge is 2.09. The van der Waals surface area contributed by atoms with Crippen LogP contribution in [0.1, 0.15) is 13.8 Å². The fourth-order valence-electron chi connectivity index (χ4n) is 0.659. The van der Waals surface area contributed by atoms with E-state index in [2.05, 4.69) is 14.9 Å². The Morgan fingerprint density at radius 1 is 1.43 bits per heavy atom. The Labute approximate surface area is 91.4 Å².